The van der Waals surface area contributed by atoms with Crippen molar-refractivity contribution in [1.82, 2.24) is 0 Å². The van der Waals surface area contributed by atoms with Crippen LogP contribution in [0.25, 0.3) is 0 Å². The fourth-order valence-corrected chi connectivity index (χ4v) is 8.18. The molecule has 6 heteroatoms. The Hall–Kier alpha value is -0.940. The minimum absolute atomic E-state index is 0.0587. The predicted molar refractivity (Wildman–Crippen MR) is 119 cm³/mol. The molecule has 2 fully saturated rings. The summed E-state index contributed by atoms with van der Waals surface area (Å²) in [4.78, 5) is 37.5. The molecule has 164 valence electrons. The molecule has 4 rings (SSSR count). The second-order valence-electron chi connectivity index (χ2n) is 10.2. The Kier molecular flexibility index (Phi) is 5.42. The van der Waals surface area contributed by atoms with Crippen LogP contribution in [0.5, 0.6) is 0 Å². The Morgan fingerprint density at radius 1 is 1.27 bits per heavy atom. The highest BCUT2D eigenvalue weighted by atomic mass is 79.9. The van der Waals surface area contributed by atoms with Crippen LogP contribution < -0.4 is 0 Å². The Morgan fingerprint density at radius 3 is 2.60 bits per heavy atom. The van der Waals surface area contributed by atoms with Crippen LogP contribution in [0.1, 0.15) is 59.8 Å². The van der Waals surface area contributed by atoms with Crippen molar-refractivity contribution in [3.05, 3.63) is 22.8 Å². The number of halogens is 2. The molecule has 1 unspecified atom stereocenters. The summed E-state index contributed by atoms with van der Waals surface area (Å²) in [5.41, 5.74) is -0.677. The first kappa shape index (κ1) is 22.3. The molecule has 0 aromatic rings. The van der Waals surface area contributed by atoms with Gasteiger partial charge in [0.05, 0.1) is 0 Å². The van der Waals surface area contributed by atoms with E-state index in [1.165, 1.54) is 0 Å². The summed E-state index contributed by atoms with van der Waals surface area (Å²) in [7, 11) is 0. The van der Waals surface area contributed by atoms with E-state index in [2.05, 4.69) is 35.9 Å². The molecule has 0 saturated heterocycles. The number of ketones is 2. The van der Waals surface area contributed by atoms with E-state index in [0.29, 0.717) is 17.4 Å². The van der Waals surface area contributed by atoms with Crippen molar-refractivity contribution >= 4 is 45.1 Å². The minimum Gasteiger partial charge on any atom is -0.450 e. The van der Waals surface area contributed by atoms with Crippen LogP contribution in [0.4, 0.5) is 0 Å². The van der Waals surface area contributed by atoms with Gasteiger partial charge in [-0.25, -0.2) is 0 Å². The number of carbonyl (C=O) groups excluding carboxylic acids is 3. The quantitative estimate of drug-likeness (QED) is 0.388. The Bertz CT molecular complexity index is 878. The largest absolute Gasteiger partial charge is 0.450 e. The lowest BCUT2D eigenvalue weighted by molar-refractivity contribution is -0.190. The predicted octanol–water partition coefficient (Wildman–Crippen LogP) is 5.37. The topological polar surface area (TPSA) is 60.4 Å². The van der Waals surface area contributed by atoms with Crippen LogP contribution in [0.15, 0.2) is 22.8 Å². The molecule has 4 aliphatic rings. The number of allylic oxidation sites excluding steroid dienone is 4. The molecular formula is C24H30BrClO4. The molecule has 0 spiro atoms. The number of carbonyl (C=O) groups is 3. The van der Waals surface area contributed by atoms with E-state index in [1.54, 1.807) is 13.0 Å². The third-order valence-corrected chi connectivity index (χ3v) is 9.79. The zero-order valence-electron chi connectivity index (χ0n) is 18.1. The molecule has 4 nitrogen and oxygen atoms in total. The van der Waals surface area contributed by atoms with Crippen LogP contribution in [-0.2, 0) is 19.1 Å². The zero-order valence-corrected chi connectivity index (χ0v) is 20.4. The van der Waals surface area contributed by atoms with E-state index in [9.17, 15) is 14.4 Å². The number of hydrogen-bond acceptors (Lipinski definition) is 4. The van der Waals surface area contributed by atoms with Crippen molar-refractivity contribution < 1.29 is 19.1 Å². The molecule has 7 atom stereocenters. The summed E-state index contributed by atoms with van der Waals surface area (Å²) in [5.74, 6) is 0.423. The smallest absolute Gasteiger partial charge is 0.317 e. The Balaban J connectivity index is 1.81. The molecule has 0 aromatic carbocycles. The zero-order chi connectivity index (χ0) is 22.1. The third-order valence-electron chi connectivity index (χ3n) is 9.00. The molecule has 0 aromatic heterocycles. The van der Waals surface area contributed by atoms with Crippen molar-refractivity contribution in [2.75, 3.05) is 5.33 Å². The van der Waals surface area contributed by atoms with Gasteiger partial charge in [-0.1, -0.05) is 54.4 Å². The number of fused-ring (bicyclic) bond motifs is 5. The van der Waals surface area contributed by atoms with Gasteiger partial charge in [0.25, 0.3) is 0 Å². The first-order chi connectivity index (χ1) is 14.0. The number of hydrogen-bond donors (Lipinski definition) is 0. The summed E-state index contributed by atoms with van der Waals surface area (Å²) in [6.07, 6.45) is 7.83. The highest BCUT2D eigenvalue weighted by Crippen LogP contribution is 2.69. The van der Waals surface area contributed by atoms with Gasteiger partial charge in [-0.3, -0.25) is 14.4 Å². The van der Waals surface area contributed by atoms with Crippen molar-refractivity contribution in [1.29, 1.82) is 0 Å². The highest BCUT2D eigenvalue weighted by Gasteiger charge is 2.70. The van der Waals surface area contributed by atoms with Crippen LogP contribution in [-0.4, -0.2) is 28.5 Å². The summed E-state index contributed by atoms with van der Waals surface area (Å²) in [6.45, 7) is 8.00. The standard InChI is InChI=1S/C24H30BrClO4/c1-13-9-18-16-11-20(26)19-10-15(28)5-7-22(19,3)17(16)6-8-23(18,4)24(13,14(2)27)30-21(29)12-25/h10-11,13,16-18H,5-9,12H2,1-4H3/t13?,16-,17+,18+,22-,23+,24+/m1/s1. The maximum atomic E-state index is 13.1. The van der Waals surface area contributed by atoms with Gasteiger partial charge in [-0.05, 0) is 67.4 Å². The number of ether oxygens (including phenoxy) is 1. The lowest BCUT2D eigenvalue weighted by atomic mass is 9.48. The Labute approximate surface area is 191 Å². The Morgan fingerprint density at radius 2 is 1.97 bits per heavy atom. The fraction of sp³-hybridized carbons (Fsp3) is 0.708. The summed E-state index contributed by atoms with van der Waals surface area (Å²) < 4.78 is 6.00. The normalized spacial score (nSPS) is 44.9. The van der Waals surface area contributed by atoms with Crippen LogP contribution in [0.3, 0.4) is 0 Å². The molecule has 0 bridgehead atoms. The summed E-state index contributed by atoms with van der Waals surface area (Å²) in [6, 6.07) is 0. The van der Waals surface area contributed by atoms with E-state index >= 15 is 0 Å². The van der Waals surface area contributed by atoms with Gasteiger partial charge in [-0.2, -0.15) is 0 Å². The first-order valence-corrected chi connectivity index (χ1v) is 12.4. The van der Waals surface area contributed by atoms with E-state index in [-0.39, 0.29) is 46.0 Å². The maximum absolute atomic E-state index is 13.1. The van der Waals surface area contributed by atoms with E-state index in [4.69, 9.17) is 16.3 Å². The molecule has 0 N–H and O–H groups in total. The lowest BCUT2D eigenvalue weighted by Gasteiger charge is -2.57. The van der Waals surface area contributed by atoms with Crippen LogP contribution in [0.2, 0.25) is 0 Å². The van der Waals surface area contributed by atoms with Crippen molar-refractivity contribution in [2.24, 2.45) is 34.5 Å². The molecular weight excluding hydrogens is 468 g/mol. The second kappa shape index (κ2) is 7.30. The summed E-state index contributed by atoms with van der Waals surface area (Å²) in [5, 5.41) is 0.759. The monoisotopic (exact) mass is 496 g/mol. The summed E-state index contributed by atoms with van der Waals surface area (Å²) >= 11 is 9.95. The minimum atomic E-state index is -1.10. The first-order valence-electron chi connectivity index (χ1n) is 10.9. The van der Waals surface area contributed by atoms with Crippen molar-refractivity contribution in [3.63, 3.8) is 0 Å². The molecule has 0 amide bonds. The van der Waals surface area contributed by atoms with Gasteiger partial charge in [0.15, 0.2) is 17.2 Å². The average Bonchev–Trinajstić information content (AvgIpc) is 2.91. The van der Waals surface area contributed by atoms with Crippen LogP contribution >= 0.6 is 27.5 Å². The molecule has 4 aliphatic carbocycles. The molecule has 0 heterocycles. The fourth-order valence-electron chi connectivity index (χ4n) is 7.65. The number of Topliss-reactive ketones (excluding diaryl/α,β-unsaturated/α-hetero) is 1. The SMILES string of the molecule is CC(=O)[C@@]1(OC(=O)CBr)C(C)C[C@H]2[C@@H]3C=C(Cl)C4=CC(=O)CC[C@]4(C)[C@H]3CC[C@@]21C. The van der Waals surface area contributed by atoms with Crippen molar-refractivity contribution in [2.45, 2.75) is 65.4 Å². The maximum Gasteiger partial charge on any atom is 0.317 e. The number of alkyl halides is 1. The van der Waals surface area contributed by atoms with Gasteiger partial charge >= 0.3 is 5.97 Å². The number of esters is 1. The molecule has 30 heavy (non-hydrogen) atoms. The molecule has 2 saturated carbocycles. The van der Waals surface area contributed by atoms with E-state index in [0.717, 1.165) is 31.3 Å². The van der Waals surface area contributed by atoms with Crippen molar-refractivity contribution in [3.8, 4) is 0 Å². The molecule has 0 aliphatic heterocycles. The van der Waals surface area contributed by atoms with E-state index < -0.39 is 11.0 Å². The average molecular weight is 498 g/mol. The van der Waals surface area contributed by atoms with Crippen LogP contribution in [0, 0.1) is 34.5 Å². The molecule has 0 radical (unpaired) electrons. The van der Waals surface area contributed by atoms with Gasteiger partial charge in [0.1, 0.15) is 5.33 Å². The van der Waals surface area contributed by atoms with E-state index in [1.807, 2.05) is 6.92 Å². The van der Waals surface area contributed by atoms with Gasteiger partial charge in [0.2, 0.25) is 0 Å². The van der Waals surface area contributed by atoms with Gasteiger partial charge in [0, 0.05) is 22.8 Å². The van der Waals surface area contributed by atoms with Gasteiger partial charge < -0.3 is 4.74 Å². The third kappa shape index (κ3) is 2.80. The highest BCUT2D eigenvalue weighted by molar-refractivity contribution is 9.09. The lowest BCUT2D eigenvalue weighted by Crippen LogP contribution is -2.60. The number of rotatable bonds is 3. The van der Waals surface area contributed by atoms with Gasteiger partial charge in [-0.15, -0.1) is 0 Å². The second-order valence-corrected chi connectivity index (χ2v) is 11.2.